The zero-order chi connectivity index (χ0) is 13.0. The molecule has 0 heterocycles. The first-order valence-electron chi connectivity index (χ1n) is 6.15. The fraction of sp³-hybridized carbons (Fsp3) is 0. The summed E-state index contributed by atoms with van der Waals surface area (Å²) >= 11 is 0. The van der Waals surface area contributed by atoms with E-state index < -0.39 is 0 Å². The predicted octanol–water partition coefficient (Wildman–Crippen LogP) is 3.55. The smallest absolute Gasteiger partial charge is 0.220 e. The van der Waals surface area contributed by atoms with Crippen molar-refractivity contribution in [1.82, 2.24) is 0 Å². The number of fused-ring (bicyclic) bond motifs is 3. The molecule has 1 aliphatic carbocycles. The van der Waals surface area contributed by atoms with Gasteiger partial charge in [0.15, 0.2) is 5.75 Å². The van der Waals surface area contributed by atoms with Crippen molar-refractivity contribution in [2.45, 2.75) is 0 Å². The molecule has 0 atom stereocenters. The minimum absolute atomic E-state index is 0.209. The summed E-state index contributed by atoms with van der Waals surface area (Å²) < 4.78 is 0. The Bertz CT molecular complexity index is 890. The lowest BCUT2D eigenvalue weighted by atomic mass is 10.0. The Morgan fingerprint density at radius 3 is 2.16 bits per heavy atom. The Labute approximate surface area is 109 Å². The molecule has 0 amide bonds. The van der Waals surface area contributed by atoms with Crippen LogP contribution in [0.4, 0.5) is 0 Å². The van der Waals surface area contributed by atoms with Crippen LogP contribution in [0.3, 0.4) is 0 Å². The van der Waals surface area contributed by atoms with Crippen molar-refractivity contribution in [1.29, 1.82) is 0 Å². The van der Waals surface area contributed by atoms with Gasteiger partial charge in [-0.25, -0.2) is 0 Å². The predicted molar refractivity (Wildman–Crippen MR) is 76.3 cm³/mol. The van der Waals surface area contributed by atoms with Crippen LogP contribution in [0.15, 0.2) is 59.4 Å². The maximum absolute atomic E-state index is 11.8. The van der Waals surface area contributed by atoms with Crippen LogP contribution >= 0.6 is 0 Å². The molecular weight excluding hydrogens is 236 g/mol. The van der Waals surface area contributed by atoms with Crippen LogP contribution in [0.1, 0.15) is 0 Å². The number of rotatable bonds is 0. The molecule has 0 aliphatic heterocycles. The molecule has 0 unspecified atom stereocenters. The first kappa shape index (κ1) is 10.3. The van der Waals surface area contributed by atoms with E-state index in [2.05, 4.69) is 18.2 Å². The summed E-state index contributed by atoms with van der Waals surface area (Å²) in [5.74, 6) is -0.209. The zero-order valence-electron chi connectivity index (χ0n) is 10.1. The van der Waals surface area contributed by atoms with Crippen molar-refractivity contribution in [3.63, 3.8) is 0 Å². The highest BCUT2D eigenvalue weighted by atomic mass is 16.3. The molecule has 3 aromatic carbocycles. The van der Waals surface area contributed by atoms with E-state index in [0.717, 1.165) is 22.3 Å². The monoisotopic (exact) mass is 246 g/mol. The maximum Gasteiger partial charge on any atom is 0.220 e. The van der Waals surface area contributed by atoms with E-state index in [1.165, 1.54) is 22.9 Å². The molecule has 19 heavy (non-hydrogen) atoms. The molecule has 2 heteroatoms. The second kappa shape index (κ2) is 3.45. The third-order valence-corrected chi connectivity index (χ3v) is 3.71. The molecule has 0 saturated carbocycles. The molecule has 0 bridgehead atoms. The lowest BCUT2D eigenvalue weighted by Crippen LogP contribution is -1.93. The van der Waals surface area contributed by atoms with Crippen LogP contribution in [0.25, 0.3) is 33.0 Å². The minimum Gasteiger partial charge on any atom is -0.504 e. The number of hydrogen-bond acceptors (Lipinski definition) is 2. The van der Waals surface area contributed by atoms with Gasteiger partial charge < -0.3 is 5.11 Å². The number of hydrogen-bond donors (Lipinski definition) is 1. The Morgan fingerprint density at radius 2 is 1.42 bits per heavy atom. The third kappa shape index (κ3) is 1.28. The van der Waals surface area contributed by atoms with Crippen molar-refractivity contribution in [3.05, 3.63) is 64.8 Å². The molecule has 0 aromatic heterocycles. The van der Waals surface area contributed by atoms with Crippen molar-refractivity contribution >= 4 is 10.8 Å². The number of aromatic hydroxyl groups is 1. The number of benzene rings is 2. The molecule has 0 radical (unpaired) electrons. The molecular formula is C17H10O2. The van der Waals surface area contributed by atoms with E-state index in [4.69, 9.17) is 0 Å². The quantitative estimate of drug-likeness (QED) is 0.515. The summed E-state index contributed by atoms with van der Waals surface area (Å²) in [5, 5.41) is 11.9. The summed E-state index contributed by atoms with van der Waals surface area (Å²) in [6, 6.07) is 17.1. The highest BCUT2D eigenvalue weighted by molar-refractivity contribution is 6.14. The van der Waals surface area contributed by atoms with Gasteiger partial charge in [-0.05, 0) is 51.2 Å². The van der Waals surface area contributed by atoms with Crippen molar-refractivity contribution < 1.29 is 5.11 Å². The van der Waals surface area contributed by atoms with Crippen LogP contribution in [-0.4, -0.2) is 5.11 Å². The standard InChI is InChI=1S/C17H10O2/c18-15-8-7-11-12-5-1-3-10-4-2-6-13(17(10)12)14(11)9-16(15)19/h1-9H,(H,18,19). The van der Waals surface area contributed by atoms with E-state index in [1.807, 2.05) is 24.3 Å². The van der Waals surface area contributed by atoms with E-state index in [9.17, 15) is 9.90 Å². The van der Waals surface area contributed by atoms with Gasteiger partial charge in [-0.3, -0.25) is 4.79 Å². The maximum atomic E-state index is 11.8. The van der Waals surface area contributed by atoms with Crippen LogP contribution < -0.4 is 5.43 Å². The molecule has 4 rings (SSSR count). The molecule has 0 spiro atoms. The summed E-state index contributed by atoms with van der Waals surface area (Å²) in [6.45, 7) is 0. The van der Waals surface area contributed by atoms with E-state index >= 15 is 0 Å². The third-order valence-electron chi connectivity index (χ3n) is 3.71. The lowest BCUT2D eigenvalue weighted by Gasteiger charge is -2.00. The van der Waals surface area contributed by atoms with Gasteiger partial charge in [0.2, 0.25) is 5.43 Å². The van der Waals surface area contributed by atoms with Crippen LogP contribution in [-0.2, 0) is 0 Å². The van der Waals surface area contributed by atoms with E-state index in [-0.39, 0.29) is 11.2 Å². The van der Waals surface area contributed by atoms with Gasteiger partial charge in [0, 0.05) is 0 Å². The van der Waals surface area contributed by atoms with Gasteiger partial charge in [-0.1, -0.05) is 36.4 Å². The van der Waals surface area contributed by atoms with Gasteiger partial charge in [-0.15, -0.1) is 0 Å². The fourth-order valence-corrected chi connectivity index (χ4v) is 2.86. The molecule has 0 fully saturated rings. The Hall–Kier alpha value is -2.61. The summed E-state index contributed by atoms with van der Waals surface area (Å²) in [6.07, 6.45) is 0. The van der Waals surface area contributed by atoms with Gasteiger partial charge in [0.25, 0.3) is 0 Å². The molecule has 0 saturated heterocycles. The topological polar surface area (TPSA) is 37.3 Å². The van der Waals surface area contributed by atoms with E-state index in [0.29, 0.717) is 0 Å². The van der Waals surface area contributed by atoms with Crippen LogP contribution in [0, 0.1) is 0 Å². The minimum atomic E-state index is -0.342. The summed E-state index contributed by atoms with van der Waals surface area (Å²) in [4.78, 5) is 11.8. The molecule has 1 aliphatic rings. The van der Waals surface area contributed by atoms with Crippen molar-refractivity contribution in [2.75, 3.05) is 0 Å². The van der Waals surface area contributed by atoms with Crippen molar-refractivity contribution in [3.8, 4) is 28.0 Å². The van der Waals surface area contributed by atoms with Gasteiger partial charge in [0.1, 0.15) is 0 Å². The van der Waals surface area contributed by atoms with Crippen molar-refractivity contribution in [2.24, 2.45) is 0 Å². The Morgan fingerprint density at radius 1 is 0.737 bits per heavy atom. The molecule has 1 N–H and O–H groups in total. The zero-order valence-corrected chi connectivity index (χ0v) is 10.1. The summed E-state index contributed by atoms with van der Waals surface area (Å²) in [7, 11) is 0. The summed E-state index contributed by atoms with van der Waals surface area (Å²) in [5.41, 5.74) is 3.75. The molecule has 2 nitrogen and oxygen atoms in total. The normalized spacial score (nSPS) is 11.6. The van der Waals surface area contributed by atoms with Gasteiger partial charge in [0.05, 0.1) is 0 Å². The fourth-order valence-electron chi connectivity index (χ4n) is 2.86. The van der Waals surface area contributed by atoms with E-state index in [1.54, 1.807) is 0 Å². The molecule has 90 valence electrons. The average Bonchev–Trinajstić information content (AvgIpc) is 2.64. The Kier molecular flexibility index (Phi) is 1.88. The Balaban J connectivity index is 2.26. The van der Waals surface area contributed by atoms with Gasteiger partial charge >= 0.3 is 0 Å². The SMILES string of the molecule is O=c1cc2c(ccc1O)-c1cccc3cccc-2c13. The highest BCUT2D eigenvalue weighted by Crippen LogP contribution is 2.46. The second-order valence-electron chi connectivity index (χ2n) is 4.76. The lowest BCUT2D eigenvalue weighted by molar-refractivity contribution is 0.471. The largest absolute Gasteiger partial charge is 0.504 e. The first-order chi connectivity index (χ1) is 9.25. The highest BCUT2D eigenvalue weighted by Gasteiger charge is 2.20. The van der Waals surface area contributed by atoms with Crippen LogP contribution in [0.5, 0.6) is 5.75 Å². The van der Waals surface area contributed by atoms with Gasteiger partial charge in [-0.2, -0.15) is 0 Å². The average molecular weight is 246 g/mol. The molecule has 3 aromatic rings. The second-order valence-corrected chi connectivity index (χ2v) is 4.76. The van der Waals surface area contributed by atoms with Crippen LogP contribution in [0.2, 0.25) is 0 Å². The first-order valence-corrected chi connectivity index (χ1v) is 6.15.